The standard InChI is InChI=1S/C20H22N4O2S/c1-14-2-5-19(6-3-14)27(25,26)24-13-17-8-16(17)9-18(24)12-23-20-7-4-15(10-21)11-22-20/h2-7,11,16-18H,8-9,12-13H2,1H3,(H,22,23)/t16-,17+,18+/m1/s1/i2D,4D,5D,7D,8D2,9D2,11D,12D2,13D2,16D,17D,18D/hD. The first-order valence-corrected chi connectivity index (χ1v) is 8.89. The monoisotopic (exact) mass is 399 g/mol. The van der Waals surface area contributed by atoms with Crippen molar-refractivity contribution in [1.29, 1.82) is 5.26 Å². The van der Waals surface area contributed by atoms with Crippen molar-refractivity contribution in [2.75, 3.05) is 18.3 Å². The van der Waals surface area contributed by atoms with Crippen LogP contribution in [0.4, 0.5) is 5.82 Å². The quantitative estimate of drug-likeness (QED) is 0.835. The minimum absolute atomic E-state index is 0.0589. The molecular formula is C20H22N4O2S. The molecule has 140 valence electrons. The van der Waals surface area contributed by atoms with Crippen LogP contribution in [0.5, 0.6) is 0 Å². The molecule has 0 amide bonds. The van der Waals surface area contributed by atoms with E-state index >= 15 is 0 Å². The number of pyridine rings is 1. The topological polar surface area (TPSA) is 86.1 Å². The number of piperidine rings is 1. The van der Waals surface area contributed by atoms with Crippen LogP contribution < -0.4 is 5.31 Å². The molecule has 0 spiro atoms. The van der Waals surface area contributed by atoms with Gasteiger partial charge in [0.05, 0.1) is 20.1 Å². The molecule has 1 saturated carbocycles. The molecule has 0 unspecified atom stereocenters. The fourth-order valence-corrected chi connectivity index (χ4v) is 3.19. The third kappa shape index (κ3) is 3.68. The SMILES string of the molecule is [2H]c1nc(N([2H])C([2H])([2H])[C@@]2([2H])N(S(=O)(=O)c3ccc(C)c([2H])c3[2H])C([2H])([2H])[C@]3([2H])C([2H])([2H])[C@]3([2H])C2([2H])[2H])c([2H])c([2H])c1C#N. The number of nitrogens with one attached hydrogen (secondary N) is 1. The molecule has 1 aromatic carbocycles. The molecule has 7 heteroatoms. The van der Waals surface area contributed by atoms with Crippen molar-refractivity contribution in [3.8, 4) is 6.07 Å². The molecule has 2 aliphatic rings. The summed E-state index contributed by atoms with van der Waals surface area (Å²) in [7, 11) is -5.96. The molecule has 2 heterocycles. The second kappa shape index (κ2) is 6.95. The number of nitrogens with zero attached hydrogens (tertiary/aromatic N) is 3. The highest BCUT2D eigenvalue weighted by Gasteiger charge is 2.49. The summed E-state index contributed by atoms with van der Waals surface area (Å²) in [6.07, 6.45) is -8.89. The number of aromatic nitrogens is 1. The zero-order valence-electron chi connectivity index (χ0n) is 30.7. The maximum Gasteiger partial charge on any atom is 0.243 e. The lowest BCUT2D eigenvalue weighted by Gasteiger charge is -2.34. The van der Waals surface area contributed by atoms with E-state index in [2.05, 4.69) is 4.98 Å². The molecule has 0 bridgehead atoms. The Kier molecular flexibility index (Phi) is 1.77. The highest BCUT2D eigenvalue weighted by molar-refractivity contribution is 7.89. The molecule has 1 aromatic heterocycles. The molecular weight excluding hydrogens is 360 g/mol. The van der Waals surface area contributed by atoms with Gasteiger partial charge in [0.2, 0.25) is 10.0 Å². The third-order valence-corrected chi connectivity index (χ3v) is 4.98. The lowest BCUT2D eigenvalue weighted by molar-refractivity contribution is 0.251. The van der Waals surface area contributed by atoms with E-state index in [0.29, 0.717) is 6.07 Å². The number of fused-ring (bicyclic) bond motifs is 1. The van der Waals surface area contributed by atoms with Gasteiger partial charge in [-0.25, -0.2) is 13.4 Å². The van der Waals surface area contributed by atoms with Crippen molar-refractivity contribution in [3.05, 3.63) is 53.6 Å². The molecule has 4 rings (SSSR count). The number of anilines is 1. The maximum absolute atomic E-state index is 14.2. The minimum Gasteiger partial charge on any atom is -0.368 e. The molecule has 1 saturated heterocycles. The average Bonchev–Trinajstić information content (AvgIpc) is 3.29. The number of rotatable bonds is 5. The van der Waals surface area contributed by atoms with Crippen molar-refractivity contribution in [3.63, 3.8) is 0 Å². The van der Waals surface area contributed by atoms with E-state index in [1.54, 1.807) is 0 Å². The van der Waals surface area contributed by atoms with Gasteiger partial charge in [0.15, 0.2) is 1.41 Å². The molecule has 27 heavy (non-hydrogen) atoms. The van der Waals surface area contributed by atoms with Crippen LogP contribution in [0.2, 0.25) is 1.41 Å². The lowest BCUT2D eigenvalue weighted by Crippen LogP contribution is -2.47. The van der Waals surface area contributed by atoms with E-state index in [-0.39, 0.29) is 5.56 Å². The molecule has 2 aromatic rings. The van der Waals surface area contributed by atoms with Crippen LogP contribution in [0.1, 0.15) is 45.8 Å². The summed E-state index contributed by atoms with van der Waals surface area (Å²) >= 11 is 0. The Morgan fingerprint density at radius 3 is 3.11 bits per heavy atom. The molecule has 0 radical (unpaired) electrons. The first-order valence-electron chi connectivity index (χ1n) is 15.9. The van der Waals surface area contributed by atoms with Crippen molar-refractivity contribution in [2.24, 2.45) is 11.8 Å². The minimum atomic E-state index is -5.96. The molecule has 2 fully saturated rings. The van der Waals surface area contributed by atoms with Crippen LogP contribution in [0.25, 0.3) is 0 Å². The third-order valence-electron chi connectivity index (χ3n) is 3.44. The van der Waals surface area contributed by atoms with E-state index in [9.17, 15) is 9.79 Å². The Morgan fingerprint density at radius 1 is 1.44 bits per heavy atom. The maximum atomic E-state index is 14.2. The summed E-state index contributed by atoms with van der Waals surface area (Å²) in [6.45, 7) is -7.16. The first kappa shape index (κ1) is 6.87. The van der Waals surface area contributed by atoms with Crippen LogP contribution in [-0.2, 0) is 10.0 Å². The summed E-state index contributed by atoms with van der Waals surface area (Å²) in [6, 6.07) is -5.48. The van der Waals surface area contributed by atoms with Gasteiger partial charge in [-0.3, -0.25) is 0 Å². The number of sulfonamides is 1. The van der Waals surface area contributed by atoms with Gasteiger partial charge in [-0.1, -0.05) is 17.7 Å². The number of benzene rings is 1. The second-order valence-electron chi connectivity index (χ2n) is 5.37. The fraction of sp³-hybridized carbons (Fsp3) is 0.400. The number of aryl methyl sites for hydroxylation is 1. The Hall–Kier alpha value is -2.43. The van der Waals surface area contributed by atoms with Gasteiger partial charge in [0.1, 0.15) is 11.9 Å². The zero-order chi connectivity index (χ0) is 34.2. The van der Waals surface area contributed by atoms with Gasteiger partial charge in [0, 0.05) is 37.5 Å². The van der Waals surface area contributed by atoms with Gasteiger partial charge in [-0.2, -0.15) is 9.57 Å². The predicted octanol–water partition coefficient (Wildman–Crippen LogP) is 2.77. The molecule has 1 aliphatic heterocycles. The second-order valence-corrected chi connectivity index (χ2v) is 7.12. The molecule has 6 nitrogen and oxygen atoms in total. The molecule has 3 atom stereocenters. The van der Waals surface area contributed by atoms with Crippen molar-refractivity contribution >= 4 is 15.8 Å². The summed E-state index contributed by atoms with van der Waals surface area (Å²) < 4.78 is 171. The van der Waals surface area contributed by atoms with Crippen LogP contribution in [-0.4, -0.2) is 36.7 Å². The van der Waals surface area contributed by atoms with Crippen LogP contribution >= 0.6 is 0 Å². The molecule has 1 N–H and O–H groups in total. The number of hydrogen-bond acceptors (Lipinski definition) is 5. The number of hydrogen-bond donors (Lipinski definition) is 1. The van der Waals surface area contributed by atoms with Gasteiger partial charge < -0.3 is 5.31 Å². The summed E-state index contributed by atoms with van der Waals surface area (Å²) in [5.41, 5.74) is -0.727. The Balaban J connectivity index is 2.15. The van der Waals surface area contributed by atoms with Crippen molar-refractivity contribution in [2.45, 2.75) is 30.6 Å². The van der Waals surface area contributed by atoms with Crippen LogP contribution in [0.15, 0.2) is 47.4 Å². The predicted molar refractivity (Wildman–Crippen MR) is 103 cm³/mol. The van der Waals surface area contributed by atoms with Crippen molar-refractivity contribution in [1.82, 2.24) is 9.29 Å². The summed E-state index contributed by atoms with van der Waals surface area (Å²) in [5, 5.41) is 8.56. The fourth-order valence-electron chi connectivity index (χ4n) is 2.04. The summed E-state index contributed by atoms with van der Waals surface area (Å²) in [5.74, 6) is -8.70. The van der Waals surface area contributed by atoms with E-state index in [1.165, 1.54) is 13.0 Å². The van der Waals surface area contributed by atoms with Crippen molar-refractivity contribution < 1.29 is 31.8 Å². The Labute approximate surface area is 183 Å². The van der Waals surface area contributed by atoms with E-state index in [0.717, 1.165) is 6.07 Å². The lowest BCUT2D eigenvalue weighted by atomic mass is 10.0. The Bertz CT molecular complexity index is 1770. The summed E-state index contributed by atoms with van der Waals surface area (Å²) in [4.78, 5) is 2.14. The van der Waals surface area contributed by atoms with Gasteiger partial charge in [-0.15, -0.1) is 0 Å². The zero-order valence-corrected chi connectivity index (χ0v) is 14.5. The largest absolute Gasteiger partial charge is 0.368 e. The van der Waals surface area contributed by atoms with Crippen LogP contribution in [0, 0.1) is 30.0 Å². The highest BCUT2D eigenvalue weighted by atomic mass is 32.2. The van der Waals surface area contributed by atoms with E-state index in [1.807, 2.05) is 0 Å². The average molecular weight is 400 g/mol. The van der Waals surface area contributed by atoms with Crippen LogP contribution in [0.3, 0.4) is 0 Å². The van der Waals surface area contributed by atoms with Gasteiger partial charge >= 0.3 is 0 Å². The van der Waals surface area contributed by atoms with Gasteiger partial charge in [0.25, 0.3) is 0 Å². The van der Waals surface area contributed by atoms with Gasteiger partial charge in [-0.05, 0) is 55.7 Å². The van der Waals surface area contributed by atoms with E-state index in [4.69, 9.17) is 27.2 Å². The molecule has 1 aliphatic carbocycles. The van der Waals surface area contributed by atoms with E-state index < -0.39 is 110 Å². The Morgan fingerprint density at radius 2 is 2.30 bits per heavy atom. The smallest absolute Gasteiger partial charge is 0.243 e. The number of nitriles is 1. The highest BCUT2D eigenvalue weighted by Crippen LogP contribution is 2.48. The normalized spacial score (nSPS) is 48.1. The first-order chi connectivity index (χ1) is 19.6.